The minimum Gasteiger partial charge on any atom is -0.461 e. The largest absolute Gasteiger partial charge is 0.461 e. The van der Waals surface area contributed by atoms with Crippen molar-refractivity contribution in [2.75, 3.05) is 11.9 Å². The molecule has 0 radical (unpaired) electrons. The number of carbonyl (C=O) groups excluding carboxylic acids is 2. The molecule has 8 heteroatoms. The molecule has 1 amide bonds. The van der Waals surface area contributed by atoms with Gasteiger partial charge in [-0.1, -0.05) is 25.2 Å². The average Bonchev–Trinajstić information content (AvgIpc) is 2.86. The first kappa shape index (κ1) is 16.0. The van der Waals surface area contributed by atoms with Gasteiger partial charge in [-0.3, -0.25) is 15.1 Å². The van der Waals surface area contributed by atoms with Crippen LogP contribution in [0.5, 0.6) is 0 Å². The van der Waals surface area contributed by atoms with Crippen molar-refractivity contribution in [3.8, 4) is 0 Å². The summed E-state index contributed by atoms with van der Waals surface area (Å²) in [5.41, 5.74) is 0.701. The van der Waals surface area contributed by atoms with Crippen molar-refractivity contribution in [3.63, 3.8) is 0 Å². The summed E-state index contributed by atoms with van der Waals surface area (Å²) < 4.78 is 5.17. The van der Waals surface area contributed by atoms with E-state index in [9.17, 15) is 9.59 Å². The standard InChI is InChI=1S/C14H16N4O3S/c1-8(2)7-21-13(20)11-9(3)17-14(22-11)18-12(19)10-6-15-4-5-16-10/h4-6,8H,7H2,1-3H3,(H,17,18,19). The highest BCUT2D eigenvalue weighted by atomic mass is 32.1. The van der Waals surface area contributed by atoms with E-state index < -0.39 is 11.9 Å². The molecule has 2 aromatic rings. The second-order valence-corrected chi connectivity index (χ2v) is 5.97. The minimum atomic E-state index is -0.427. The number of aryl methyl sites for hydroxylation is 1. The van der Waals surface area contributed by atoms with Gasteiger partial charge in [-0.2, -0.15) is 0 Å². The molecule has 2 rings (SSSR count). The van der Waals surface area contributed by atoms with E-state index in [0.29, 0.717) is 22.3 Å². The lowest BCUT2D eigenvalue weighted by Crippen LogP contribution is -2.13. The monoisotopic (exact) mass is 320 g/mol. The van der Waals surface area contributed by atoms with Crippen molar-refractivity contribution in [2.45, 2.75) is 20.8 Å². The summed E-state index contributed by atoms with van der Waals surface area (Å²) in [5.74, 6) is -0.597. The quantitative estimate of drug-likeness (QED) is 0.850. The number of ether oxygens (including phenoxy) is 1. The predicted octanol–water partition coefficient (Wildman–Crippen LogP) is 2.31. The number of carbonyl (C=O) groups is 2. The first-order valence-corrected chi connectivity index (χ1v) is 7.51. The van der Waals surface area contributed by atoms with E-state index in [1.165, 1.54) is 18.6 Å². The Morgan fingerprint density at radius 1 is 1.36 bits per heavy atom. The average molecular weight is 320 g/mol. The van der Waals surface area contributed by atoms with Gasteiger partial charge in [-0.05, 0) is 12.8 Å². The number of hydrogen-bond donors (Lipinski definition) is 1. The van der Waals surface area contributed by atoms with Crippen LogP contribution in [0.4, 0.5) is 5.13 Å². The molecule has 2 aromatic heterocycles. The Morgan fingerprint density at radius 3 is 2.77 bits per heavy atom. The van der Waals surface area contributed by atoms with Crippen molar-refractivity contribution in [1.82, 2.24) is 15.0 Å². The summed E-state index contributed by atoms with van der Waals surface area (Å²) in [5, 5.41) is 2.92. The fourth-order valence-electron chi connectivity index (χ4n) is 1.52. The van der Waals surface area contributed by atoms with Crippen molar-refractivity contribution >= 4 is 28.3 Å². The molecular weight excluding hydrogens is 304 g/mol. The number of nitrogens with zero attached hydrogens (tertiary/aromatic N) is 3. The smallest absolute Gasteiger partial charge is 0.350 e. The molecule has 1 N–H and O–H groups in total. The van der Waals surface area contributed by atoms with Gasteiger partial charge < -0.3 is 4.74 Å². The Labute approximate surface area is 131 Å². The summed E-state index contributed by atoms with van der Waals surface area (Å²) in [7, 11) is 0. The van der Waals surface area contributed by atoms with Crippen LogP contribution in [-0.2, 0) is 4.74 Å². The van der Waals surface area contributed by atoms with Gasteiger partial charge in [0, 0.05) is 12.4 Å². The van der Waals surface area contributed by atoms with E-state index in [1.54, 1.807) is 6.92 Å². The lowest BCUT2D eigenvalue weighted by molar-refractivity contribution is 0.0463. The van der Waals surface area contributed by atoms with Gasteiger partial charge in [0.05, 0.1) is 18.5 Å². The SMILES string of the molecule is Cc1nc(NC(=O)c2cnccn2)sc1C(=O)OCC(C)C. The summed E-state index contributed by atoms with van der Waals surface area (Å²) >= 11 is 1.08. The van der Waals surface area contributed by atoms with Crippen molar-refractivity contribution in [2.24, 2.45) is 5.92 Å². The van der Waals surface area contributed by atoms with Gasteiger partial charge in [-0.25, -0.2) is 14.8 Å². The third-order valence-corrected chi connectivity index (χ3v) is 3.60. The zero-order chi connectivity index (χ0) is 16.1. The maximum atomic E-state index is 12.0. The summed E-state index contributed by atoms with van der Waals surface area (Å²) in [6, 6.07) is 0. The number of aromatic nitrogens is 3. The maximum absolute atomic E-state index is 12.0. The van der Waals surface area contributed by atoms with Crippen LogP contribution in [-0.4, -0.2) is 33.4 Å². The molecular formula is C14H16N4O3S. The molecule has 0 spiro atoms. The van der Waals surface area contributed by atoms with Crippen molar-refractivity contribution in [3.05, 3.63) is 34.9 Å². The van der Waals surface area contributed by atoms with Crippen LogP contribution < -0.4 is 5.32 Å². The van der Waals surface area contributed by atoms with E-state index >= 15 is 0 Å². The predicted molar refractivity (Wildman–Crippen MR) is 82.0 cm³/mol. The zero-order valence-electron chi connectivity index (χ0n) is 12.5. The molecule has 22 heavy (non-hydrogen) atoms. The van der Waals surface area contributed by atoms with E-state index in [0.717, 1.165) is 11.3 Å². The molecule has 0 unspecified atom stereocenters. The summed E-state index contributed by atoms with van der Waals surface area (Å²) in [6.07, 6.45) is 4.26. The Bertz CT molecular complexity index is 670. The summed E-state index contributed by atoms with van der Waals surface area (Å²) in [4.78, 5) is 36.2. The molecule has 0 saturated heterocycles. The normalized spacial score (nSPS) is 10.5. The van der Waals surface area contributed by atoms with Crippen LogP contribution in [0.1, 0.15) is 39.7 Å². The Hall–Kier alpha value is -2.35. The van der Waals surface area contributed by atoms with Gasteiger partial charge in [0.2, 0.25) is 0 Å². The maximum Gasteiger partial charge on any atom is 0.350 e. The molecule has 0 aromatic carbocycles. The number of rotatable bonds is 5. The Balaban J connectivity index is 2.06. The van der Waals surface area contributed by atoms with Crippen LogP contribution >= 0.6 is 11.3 Å². The Kier molecular flexibility index (Phi) is 5.16. The van der Waals surface area contributed by atoms with Gasteiger partial charge >= 0.3 is 5.97 Å². The second-order valence-electron chi connectivity index (χ2n) is 4.97. The lowest BCUT2D eigenvalue weighted by Gasteiger charge is -2.05. The molecule has 116 valence electrons. The number of amides is 1. The van der Waals surface area contributed by atoms with Crippen LogP contribution in [0.2, 0.25) is 0 Å². The highest BCUT2D eigenvalue weighted by Crippen LogP contribution is 2.23. The van der Waals surface area contributed by atoms with E-state index in [-0.39, 0.29) is 11.6 Å². The fraction of sp³-hybridized carbons (Fsp3) is 0.357. The van der Waals surface area contributed by atoms with Gasteiger partial charge in [0.15, 0.2) is 5.13 Å². The molecule has 7 nitrogen and oxygen atoms in total. The number of anilines is 1. The van der Waals surface area contributed by atoms with Crippen LogP contribution in [0.15, 0.2) is 18.6 Å². The van der Waals surface area contributed by atoms with Crippen molar-refractivity contribution < 1.29 is 14.3 Å². The van der Waals surface area contributed by atoms with Gasteiger partial charge in [0.25, 0.3) is 5.91 Å². The highest BCUT2D eigenvalue weighted by molar-refractivity contribution is 7.17. The number of hydrogen-bond acceptors (Lipinski definition) is 7. The van der Waals surface area contributed by atoms with Crippen LogP contribution in [0, 0.1) is 12.8 Å². The molecule has 0 aliphatic heterocycles. The molecule has 0 fully saturated rings. The zero-order valence-corrected chi connectivity index (χ0v) is 13.3. The van der Waals surface area contributed by atoms with E-state index in [2.05, 4.69) is 20.3 Å². The lowest BCUT2D eigenvalue weighted by atomic mass is 10.2. The van der Waals surface area contributed by atoms with Crippen LogP contribution in [0.25, 0.3) is 0 Å². The number of nitrogens with one attached hydrogen (secondary N) is 1. The molecule has 0 atom stereocenters. The Morgan fingerprint density at radius 2 is 2.14 bits per heavy atom. The molecule has 0 saturated carbocycles. The van der Waals surface area contributed by atoms with Gasteiger partial charge in [0.1, 0.15) is 10.6 Å². The van der Waals surface area contributed by atoms with Crippen molar-refractivity contribution in [1.29, 1.82) is 0 Å². The minimum absolute atomic E-state index is 0.180. The summed E-state index contributed by atoms with van der Waals surface area (Å²) in [6.45, 7) is 5.95. The third kappa shape index (κ3) is 4.08. The second kappa shape index (κ2) is 7.08. The number of esters is 1. The first-order valence-electron chi connectivity index (χ1n) is 6.69. The molecule has 0 bridgehead atoms. The molecule has 0 aliphatic carbocycles. The highest BCUT2D eigenvalue weighted by Gasteiger charge is 2.19. The van der Waals surface area contributed by atoms with E-state index in [1.807, 2.05) is 13.8 Å². The molecule has 0 aliphatic rings. The van der Waals surface area contributed by atoms with Gasteiger partial charge in [-0.15, -0.1) is 0 Å². The number of thiazole rings is 1. The van der Waals surface area contributed by atoms with Crippen LogP contribution in [0.3, 0.4) is 0 Å². The first-order chi connectivity index (χ1) is 10.5. The topological polar surface area (TPSA) is 94.1 Å². The third-order valence-electron chi connectivity index (χ3n) is 2.55. The fourth-order valence-corrected chi connectivity index (χ4v) is 2.38. The molecule has 2 heterocycles. The van der Waals surface area contributed by atoms with E-state index in [4.69, 9.17) is 4.74 Å².